The normalized spacial score (nSPS) is 12.0. The summed E-state index contributed by atoms with van der Waals surface area (Å²) in [5.74, 6) is -1.40. The Morgan fingerprint density at radius 2 is 1.91 bits per heavy atom. The van der Waals surface area contributed by atoms with Crippen LogP contribution in [0.1, 0.15) is 39.0 Å². The number of carboxylic acids is 1. The average molecular weight is 301 g/mol. The van der Waals surface area contributed by atoms with Crippen LogP contribution < -0.4 is 0 Å². The summed E-state index contributed by atoms with van der Waals surface area (Å²) in [5.41, 5.74) is 2.31. The number of likely N-dealkylation sites (N-methyl/N-ethyl adjacent to an activating group) is 1. The molecule has 1 aromatic heterocycles. The number of aryl methyl sites for hydroxylation is 1. The van der Waals surface area contributed by atoms with Crippen molar-refractivity contribution < 1.29 is 19.1 Å². The minimum Gasteiger partial charge on any atom is -0.478 e. The van der Waals surface area contributed by atoms with Crippen molar-refractivity contribution in [1.29, 1.82) is 0 Å². The van der Waals surface area contributed by atoms with E-state index >= 15 is 0 Å². The second kappa shape index (κ2) is 6.47. The molecule has 0 aliphatic heterocycles. The molecule has 0 radical (unpaired) electrons. The smallest absolute Gasteiger partial charge is 0.338 e. The van der Waals surface area contributed by atoms with Gasteiger partial charge in [-0.15, -0.1) is 0 Å². The van der Waals surface area contributed by atoms with Gasteiger partial charge in [0.1, 0.15) is 6.26 Å². The zero-order valence-corrected chi connectivity index (χ0v) is 12.9. The largest absolute Gasteiger partial charge is 0.478 e. The van der Waals surface area contributed by atoms with Crippen molar-refractivity contribution in [3.8, 4) is 0 Å². The minimum atomic E-state index is -1.11. The lowest BCUT2D eigenvalue weighted by Gasteiger charge is -2.24. The summed E-state index contributed by atoms with van der Waals surface area (Å²) in [4.78, 5) is 24.7. The standard InChI is InChI=1S/C17H19NO4/c1-11-4-6-13(7-5-11)8-12(2)18(3)16(19)15-9-14(10-22-15)17(20)21/h4-7,9-10,12H,8H2,1-3H3,(H,20,21). The molecule has 1 unspecified atom stereocenters. The second-order valence-corrected chi connectivity index (χ2v) is 5.46. The topological polar surface area (TPSA) is 70.8 Å². The molecule has 116 valence electrons. The summed E-state index contributed by atoms with van der Waals surface area (Å²) < 4.78 is 5.05. The van der Waals surface area contributed by atoms with Gasteiger partial charge in [-0.2, -0.15) is 0 Å². The molecule has 22 heavy (non-hydrogen) atoms. The molecular formula is C17H19NO4. The highest BCUT2D eigenvalue weighted by molar-refractivity contribution is 5.95. The number of nitrogens with zero attached hydrogens (tertiary/aromatic N) is 1. The van der Waals surface area contributed by atoms with E-state index in [-0.39, 0.29) is 23.3 Å². The summed E-state index contributed by atoms with van der Waals surface area (Å²) in [6.45, 7) is 3.97. The molecule has 0 aliphatic rings. The van der Waals surface area contributed by atoms with Gasteiger partial charge in [-0.25, -0.2) is 4.79 Å². The maximum atomic E-state index is 12.3. The van der Waals surface area contributed by atoms with Gasteiger partial charge in [-0.05, 0) is 25.8 Å². The highest BCUT2D eigenvalue weighted by atomic mass is 16.4. The number of rotatable bonds is 5. The van der Waals surface area contributed by atoms with E-state index < -0.39 is 5.97 Å². The first-order valence-electron chi connectivity index (χ1n) is 7.03. The van der Waals surface area contributed by atoms with Crippen LogP contribution in [-0.2, 0) is 6.42 Å². The fraction of sp³-hybridized carbons (Fsp3) is 0.294. The van der Waals surface area contributed by atoms with E-state index in [0.29, 0.717) is 0 Å². The third-order valence-electron chi connectivity index (χ3n) is 3.69. The third-order valence-corrected chi connectivity index (χ3v) is 3.69. The van der Waals surface area contributed by atoms with Crippen LogP contribution in [0.25, 0.3) is 0 Å². The maximum absolute atomic E-state index is 12.3. The van der Waals surface area contributed by atoms with Crippen molar-refractivity contribution >= 4 is 11.9 Å². The summed E-state index contributed by atoms with van der Waals surface area (Å²) in [6.07, 6.45) is 1.79. The van der Waals surface area contributed by atoms with Gasteiger partial charge in [0.25, 0.3) is 5.91 Å². The highest BCUT2D eigenvalue weighted by Gasteiger charge is 2.22. The molecule has 0 spiro atoms. The maximum Gasteiger partial charge on any atom is 0.338 e. The Labute approximate surface area is 129 Å². The van der Waals surface area contributed by atoms with Crippen LogP contribution in [0.2, 0.25) is 0 Å². The van der Waals surface area contributed by atoms with Crippen molar-refractivity contribution in [2.24, 2.45) is 0 Å². The number of aromatic carboxylic acids is 1. The van der Waals surface area contributed by atoms with Gasteiger partial charge >= 0.3 is 5.97 Å². The van der Waals surface area contributed by atoms with Gasteiger partial charge in [-0.1, -0.05) is 29.8 Å². The van der Waals surface area contributed by atoms with Crippen LogP contribution in [0.15, 0.2) is 41.0 Å². The molecule has 2 rings (SSSR count). The van der Waals surface area contributed by atoms with Gasteiger partial charge in [0.05, 0.1) is 5.56 Å². The van der Waals surface area contributed by atoms with Crippen molar-refractivity contribution in [1.82, 2.24) is 4.90 Å². The Hall–Kier alpha value is -2.56. The number of furan rings is 1. The predicted octanol–water partition coefficient (Wildman–Crippen LogP) is 2.99. The molecule has 5 heteroatoms. The zero-order chi connectivity index (χ0) is 16.3. The molecule has 1 aromatic carbocycles. The minimum absolute atomic E-state index is 0.0251. The monoisotopic (exact) mass is 301 g/mol. The Morgan fingerprint density at radius 3 is 2.45 bits per heavy atom. The van der Waals surface area contributed by atoms with Gasteiger partial charge in [0, 0.05) is 19.2 Å². The first-order chi connectivity index (χ1) is 10.4. The SMILES string of the molecule is Cc1ccc(CC(C)N(C)C(=O)c2cc(C(=O)O)co2)cc1. The summed E-state index contributed by atoms with van der Waals surface area (Å²) in [7, 11) is 1.68. The van der Waals surface area contributed by atoms with Crippen LogP contribution in [0, 0.1) is 6.92 Å². The van der Waals surface area contributed by atoms with E-state index in [9.17, 15) is 9.59 Å². The Balaban J connectivity index is 2.05. The van der Waals surface area contributed by atoms with E-state index in [1.54, 1.807) is 11.9 Å². The fourth-order valence-electron chi connectivity index (χ4n) is 2.14. The van der Waals surface area contributed by atoms with Crippen LogP contribution in [-0.4, -0.2) is 35.0 Å². The van der Waals surface area contributed by atoms with Crippen LogP contribution in [0.4, 0.5) is 0 Å². The lowest BCUT2D eigenvalue weighted by molar-refractivity contribution is 0.0692. The molecule has 1 amide bonds. The average Bonchev–Trinajstić information content (AvgIpc) is 2.98. The first-order valence-corrected chi connectivity index (χ1v) is 7.03. The molecule has 1 N–H and O–H groups in total. The van der Waals surface area contributed by atoms with Crippen molar-refractivity contribution in [2.75, 3.05) is 7.05 Å². The van der Waals surface area contributed by atoms with Gasteiger partial charge in [0.2, 0.25) is 0 Å². The molecule has 0 fully saturated rings. The van der Waals surface area contributed by atoms with Crippen LogP contribution in [0.3, 0.4) is 0 Å². The van der Waals surface area contributed by atoms with Crippen molar-refractivity contribution in [3.63, 3.8) is 0 Å². The molecule has 1 atom stereocenters. The first kappa shape index (κ1) is 15.8. The molecule has 0 aliphatic carbocycles. The number of hydrogen-bond donors (Lipinski definition) is 1. The van der Waals surface area contributed by atoms with Gasteiger partial charge in [-0.3, -0.25) is 4.79 Å². The zero-order valence-electron chi connectivity index (χ0n) is 12.9. The molecule has 0 saturated heterocycles. The number of hydrogen-bond acceptors (Lipinski definition) is 3. The second-order valence-electron chi connectivity index (χ2n) is 5.46. The van der Waals surface area contributed by atoms with Gasteiger partial charge < -0.3 is 14.4 Å². The van der Waals surface area contributed by atoms with Crippen molar-refractivity contribution in [3.05, 3.63) is 59.0 Å². The number of carbonyl (C=O) groups excluding carboxylic acids is 1. The van der Waals surface area contributed by atoms with E-state index in [4.69, 9.17) is 9.52 Å². The predicted molar refractivity (Wildman–Crippen MR) is 82.1 cm³/mol. The lowest BCUT2D eigenvalue weighted by Crippen LogP contribution is -2.36. The molecular weight excluding hydrogens is 282 g/mol. The fourth-order valence-corrected chi connectivity index (χ4v) is 2.14. The number of carbonyl (C=O) groups is 2. The summed E-state index contributed by atoms with van der Waals surface area (Å²) in [6, 6.07) is 9.37. The van der Waals surface area contributed by atoms with Gasteiger partial charge in [0.15, 0.2) is 5.76 Å². The summed E-state index contributed by atoms with van der Waals surface area (Å²) >= 11 is 0. The third kappa shape index (κ3) is 3.55. The number of carboxylic acid groups (broad SMARTS) is 1. The van der Waals surface area contributed by atoms with E-state index in [2.05, 4.69) is 0 Å². The van der Waals surface area contributed by atoms with Crippen LogP contribution >= 0.6 is 0 Å². The Bertz CT molecular complexity index is 672. The Kier molecular flexibility index (Phi) is 4.65. The molecule has 0 bridgehead atoms. The summed E-state index contributed by atoms with van der Waals surface area (Å²) in [5, 5.41) is 8.86. The number of benzene rings is 1. The van der Waals surface area contributed by atoms with E-state index in [1.165, 1.54) is 11.6 Å². The van der Waals surface area contributed by atoms with E-state index in [0.717, 1.165) is 18.2 Å². The molecule has 1 heterocycles. The number of amides is 1. The van der Waals surface area contributed by atoms with E-state index in [1.807, 2.05) is 38.1 Å². The Morgan fingerprint density at radius 1 is 1.27 bits per heavy atom. The quantitative estimate of drug-likeness (QED) is 0.921. The highest BCUT2D eigenvalue weighted by Crippen LogP contribution is 2.14. The van der Waals surface area contributed by atoms with Crippen LogP contribution in [0.5, 0.6) is 0 Å². The molecule has 5 nitrogen and oxygen atoms in total. The molecule has 0 saturated carbocycles. The lowest BCUT2D eigenvalue weighted by atomic mass is 10.0. The molecule has 2 aromatic rings. The van der Waals surface area contributed by atoms with Crippen molar-refractivity contribution in [2.45, 2.75) is 26.3 Å².